The Hall–Kier alpha value is -2.24. The van der Waals surface area contributed by atoms with E-state index < -0.39 is 0 Å². The van der Waals surface area contributed by atoms with Gasteiger partial charge in [0.1, 0.15) is 5.75 Å². The van der Waals surface area contributed by atoms with E-state index in [4.69, 9.17) is 10.5 Å². The number of guanidine groups is 1. The molecule has 1 saturated heterocycles. The summed E-state index contributed by atoms with van der Waals surface area (Å²) in [6.07, 6.45) is 2.41. The van der Waals surface area contributed by atoms with E-state index >= 15 is 0 Å². The van der Waals surface area contributed by atoms with Crippen LogP contribution in [0.1, 0.15) is 30.1 Å². The standard InChI is InChI=1S/C17H26N4O2/c1-13-5-4-10-21(12-13)17(18)20-9-8-19-16(22)14-6-3-7-15(11-14)23-2/h3,6-7,11,13H,4-5,8-10,12H2,1-2H3,(H2,18,20)(H,19,22). The number of carbonyl (C=O) groups excluding carboxylic acids is 1. The maximum absolute atomic E-state index is 12.0. The third kappa shape index (κ3) is 5.16. The molecule has 0 saturated carbocycles. The highest BCUT2D eigenvalue weighted by Crippen LogP contribution is 2.15. The first kappa shape index (κ1) is 17.1. The Balaban J connectivity index is 1.77. The van der Waals surface area contributed by atoms with E-state index in [1.54, 1.807) is 31.4 Å². The van der Waals surface area contributed by atoms with Crippen molar-refractivity contribution in [3.8, 4) is 5.75 Å². The molecule has 1 aliphatic rings. The van der Waals surface area contributed by atoms with Crippen LogP contribution in [0.3, 0.4) is 0 Å². The minimum absolute atomic E-state index is 0.135. The predicted octanol–water partition coefficient (Wildman–Crippen LogP) is 1.47. The maximum atomic E-state index is 12.0. The quantitative estimate of drug-likeness (QED) is 0.489. The molecule has 3 N–H and O–H groups in total. The third-order valence-corrected chi connectivity index (χ3v) is 3.98. The van der Waals surface area contributed by atoms with Gasteiger partial charge in [0.15, 0.2) is 5.96 Å². The lowest BCUT2D eigenvalue weighted by Crippen LogP contribution is -2.43. The summed E-state index contributed by atoms with van der Waals surface area (Å²) in [6, 6.07) is 7.06. The molecule has 0 bridgehead atoms. The van der Waals surface area contributed by atoms with Gasteiger partial charge in [-0.25, -0.2) is 0 Å². The smallest absolute Gasteiger partial charge is 0.251 e. The molecule has 1 heterocycles. The number of hydrogen-bond donors (Lipinski definition) is 2. The molecule has 1 atom stereocenters. The molecule has 2 rings (SSSR count). The average Bonchev–Trinajstić information content (AvgIpc) is 2.58. The average molecular weight is 318 g/mol. The van der Waals surface area contributed by atoms with Crippen molar-refractivity contribution in [3.63, 3.8) is 0 Å². The van der Waals surface area contributed by atoms with Crippen molar-refractivity contribution in [1.29, 1.82) is 0 Å². The van der Waals surface area contributed by atoms with E-state index in [-0.39, 0.29) is 5.91 Å². The van der Waals surface area contributed by atoms with Crippen molar-refractivity contribution in [2.24, 2.45) is 16.6 Å². The summed E-state index contributed by atoms with van der Waals surface area (Å²) < 4.78 is 5.11. The number of benzene rings is 1. The number of carbonyl (C=O) groups is 1. The first-order valence-corrected chi connectivity index (χ1v) is 8.07. The second-order valence-electron chi connectivity index (χ2n) is 5.92. The normalized spacial score (nSPS) is 18.6. The number of methoxy groups -OCH3 is 1. The van der Waals surface area contributed by atoms with Crippen LogP contribution in [-0.4, -0.2) is 50.1 Å². The number of likely N-dealkylation sites (tertiary alicyclic amines) is 1. The van der Waals surface area contributed by atoms with Gasteiger partial charge in [0.2, 0.25) is 0 Å². The number of rotatable bonds is 5. The van der Waals surface area contributed by atoms with Gasteiger partial charge in [0.05, 0.1) is 13.7 Å². The molecule has 126 valence electrons. The van der Waals surface area contributed by atoms with Crippen LogP contribution in [0, 0.1) is 5.92 Å². The molecule has 6 nitrogen and oxygen atoms in total. The fourth-order valence-corrected chi connectivity index (χ4v) is 2.70. The Morgan fingerprint density at radius 3 is 3.09 bits per heavy atom. The first-order valence-electron chi connectivity index (χ1n) is 8.07. The van der Waals surface area contributed by atoms with Gasteiger partial charge in [-0.3, -0.25) is 9.79 Å². The van der Waals surface area contributed by atoms with Gasteiger partial charge in [-0.15, -0.1) is 0 Å². The summed E-state index contributed by atoms with van der Waals surface area (Å²) in [4.78, 5) is 18.5. The van der Waals surface area contributed by atoms with Crippen LogP contribution in [0.25, 0.3) is 0 Å². The highest BCUT2D eigenvalue weighted by molar-refractivity contribution is 5.94. The molecule has 1 unspecified atom stereocenters. The van der Waals surface area contributed by atoms with Gasteiger partial charge in [-0.05, 0) is 37.0 Å². The predicted molar refractivity (Wildman–Crippen MR) is 91.8 cm³/mol. The third-order valence-electron chi connectivity index (χ3n) is 3.98. The van der Waals surface area contributed by atoms with Crippen molar-refractivity contribution in [2.45, 2.75) is 19.8 Å². The van der Waals surface area contributed by atoms with Gasteiger partial charge in [-0.2, -0.15) is 0 Å². The Labute approximate surface area is 137 Å². The van der Waals surface area contributed by atoms with E-state index in [1.807, 2.05) is 0 Å². The number of nitrogens with two attached hydrogens (primary N) is 1. The van der Waals surface area contributed by atoms with Crippen molar-refractivity contribution in [1.82, 2.24) is 10.2 Å². The molecule has 0 spiro atoms. The van der Waals surface area contributed by atoms with Gasteiger partial charge in [0, 0.05) is 25.2 Å². The summed E-state index contributed by atoms with van der Waals surface area (Å²) in [5, 5.41) is 2.84. The zero-order chi connectivity index (χ0) is 16.7. The number of hydrogen-bond acceptors (Lipinski definition) is 3. The molecular formula is C17H26N4O2. The summed E-state index contributed by atoms with van der Waals surface area (Å²) >= 11 is 0. The molecule has 1 fully saturated rings. The molecule has 0 aliphatic carbocycles. The molecule has 1 aromatic carbocycles. The number of amides is 1. The highest BCUT2D eigenvalue weighted by atomic mass is 16.5. The Bertz CT molecular complexity index is 559. The topological polar surface area (TPSA) is 79.9 Å². The lowest BCUT2D eigenvalue weighted by molar-refractivity contribution is 0.0954. The van der Waals surface area contributed by atoms with Crippen LogP contribution in [-0.2, 0) is 0 Å². The van der Waals surface area contributed by atoms with Crippen molar-refractivity contribution in [3.05, 3.63) is 29.8 Å². The van der Waals surface area contributed by atoms with E-state index in [1.165, 1.54) is 6.42 Å². The van der Waals surface area contributed by atoms with E-state index in [0.29, 0.717) is 36.3 Å². The number of nitrogens with zero attached hydrogens (tertiary/aromatic N) is 2. The fourth-order valence-electron chi connectivity index (χ4n) is 2.70. The Morgan fingerprint density at radius 2 is 2.35 bits per heavy atom. The van der Waals surface area contributed by atoms with Gasteiger partial charge in [-0.1, -0.05) is 13.0 Å². The SMILES string of the molecule is COc1cccc(C(=O)NCCN=C(N)N2CCCC(C)C2)c1. The molecule has 1 aromatic rings. The largest absolute Gasteiger partial charge is 0.497 e. The van der Waals surface area contributed by atoms with Crippen LogP contribution < -0.4 is 15.8 Å². The van der Waals surface area contributed by atoms with Crippen LogP contribution >= 0.6 is 0 Å². The Morgan fingerprint density at radius 1 is 1.52 bits per heavy atom. The molecule has 23 heavy (non-hydrogen) atoms. The number of ether oxygens (including phenoxy) is 1. The summed E-state index contributed by atoms with van der Waals surface area (Å²) in [5.41, 5.74) is 6.60. The minimum Gasteiger partial charge on any atom is -0.497 e. The zero-order valence-corrected chi connectivity index (χ0v) is 13.9. The van der Waals surface area contributed by atoms with Crippen molar-refractivity contribution < 1.29 is 9.53 Å². The second kappa shape index (κ2) is 8.41. The number of piperidine rings is 1. The van der Waals surface area contributed by atoms with Crippen molar-refractivity contribution >= 4 is 11.9 Å². The van der Waals surface area contributed by atoms with Gasteiger partial charge < -0.3 is 20.7 Å². The molecular weight excluding hydrogens is 292 g/mol. The minimum atomic E-state index is -0.135. The van der Waals surface area contributed by atoms with E-state index in [9.17, 15) is 4.79 Å². The molecule has 0 aromatic heterocycles. The van der Waals surface area contributed by atoms with Crippen LogP contribution in [0.2, 0.25) is 0 Å². The first-order chi connectivity index (χ1) is 11.1. The zero-order valence-electron chi connectivity index (χ0n) is 13.9. The molecule has 0 radical (unpaired) electrons. The summed E-state index contributed by atoms with van der Waals surface area (Å²) in [6.45, 7) is 5.10. The van der Waals surface area contributed by atoms with Gasteiger partial charge in [0.25, 0.3) is 5.91 Å². The summed E-state index contributed by atoms with van der Waals surface area (Å²) in [7, 11) is 1.58. The maximum Gasteiger partial charge on any atom is 0.251 e. The number of aliphatic imine (C=N–C) groups is 1. The van der Waals surface area contributed by atoms with Gasteiger partial charge >= 0.3 is 0 Å². The summed E-state index contributed by atoms with van der Waals surface area (Å²) in [5.74, 6) is 1.76. The lowest BCUT2D eigenvalue weighted by atomic mass is 10.0. The Kier molecular flexibility index (Phi) is 6.26. The van der Waals surface area contributed by atoms with Crippen molar-refractivity contribution in [2.75, 3.05) is 33.3 Å². The van der Waals surface area contributed by atoms with E-state index in [2.05, 4.69) is 22.1 Å². The van der Waals surface area contributed by atoms with Crippen LogP contribution in [0.5, 0.6) is 5.75 Å². The second-order valence-corrected chi connectivity index (χ2v) is 5.92. The highest BCUT2D eigenvalue weighted by Gasteiger charge is 2.17. The lowest BCUT2D eigenvalue weighted by Gasteiger charge is -2.31. The molecule has 1 aliphatic heterocycles. The molecule has 6 heteroatoms. The monoisotopic (exact) mass is 318 g/mol. The molecule has 1 amide bonds. The van der Waals surface area contributed by atoms with Crippen LogP contribution in [0.15, 0.2) is 29.3 Å². The van der Waals surface area contributed by atoms with Crippen LogP contribution in [0.4, 0.5) is 0 Å². The van der Waals surface area contributed by atoms with E-state index in [0.717, 1.165) is 19.5 Å². The number of nitrogens with one attached hydrogen (secondary N) is 1. The fraction of sp³-hybridized carbons (Fsp3) is 0.529.